The zero-order valence-electron chi connectivity index (χ0n) is 12.0. The van der Waals surface area contributed by atoms with Gasteiger partial charge in [0.25, 0.3) is 0 Å². The van der Waals surface area contributed by atoms with Gasteiger partial charge in [0.1, 0.15) is 5.82 Å². The van der Waals surface area contributed by atoms with Crippen molar-refractivity contribution in [2.24, 2.45) is 5.92 Å². The van der Waals surface area contributed by atoms with Gasteiger partial charge in [0.05, 0.1) is 10.8 Å². The lowest BCUT2D eigenvalue weighted by atomic mass is 9.99. The molecule has 1 heterocycles. The third kappa shape index (κ3) is 3.08. The van der Waals surface area contributed by atoms with Crippen molar-refractivity contribution in [3.8, 4) is 0 Å². The van der Waals surface area contributed by atoms with Crippen LogP contribution >= 0.6 is 0 Å². The summed E-state index contributed by atoms with van der Waals surface area (Å²) in [5.41, 5.74) is 0.737. The molecule has 0 amide bonds. The van der Waals surface area contributed by atoms with E-state index in [1.807, 2.05) is 0 Å². The fourth-order valence-electron chi connectivity index (χ4n) is 2.78. The van der Waals surface area contributed by atoms with Gasteiger partial charge in [0, 0.05) is 13.1 Å². The smallest absolute Gasteiger partial charge is 0.306 e. The van der Waals surface area contributed by atoms with Gasteiger partial charge in [-0.2, -0.15) is 4.31 Å². The molecule has 7 heteroatoms. The maximum absolute atomic E-state index is 13.3. The van der Waals surface area contributed by atoms with Gasteiger partial charge in [0.15, 0.2) is 0 Å². The number of aryl methyl sites for hydroxylation is 2. The Labute approximate surface area is 123 Å². The molecule has 0 radical (unpaired) electrons. The van der Waals surface area contributed by atoms with Crippen LogP contribution in [0.2, 0.25) is 0 Å². The largest absolute Gasteiger partial charge is 0.481 e. The summed E-state index contributed by atoms with van der Waals surface area (Å²) in [7, 11) is -3.72. The van der Waals surface area contributed by atoms with Crippen LogP contribution in [0.3, 0.4) is 0 Å². The Morgan fingerprint density at radius 3 is 2.14 bits per heavy atom. The number of hydrogen-bond acceptors (Lipinski definition) is 3. The van der Waals surface area contributed by atoms with Crippen molar-refractivity contribution in [2.75, 3.05) is 13.1 Å². The summed E-state index contributed by atoms with van der Waals surface area (Å²) < 4.78 is 39.9. The Balaban J connectivity index is 2.30. The molecule has 1 aliphatic heterocycles. The van der Waals surface area contributed by atoms with E-state index in [1.165, 1.54) is 16.4 Å². The molecule has 1 saturated heterocycles. The second-order valence-corrected chi connectivity index (χ2v) is 7.26. The monoisotopic (exact) mass is 315 g/mol. The van der Waals surface area contributed by atoms with E-state index < -0.39 is 27.7 Å². The standard InChI is InChI=1S/C14H18FNO4S/c1-9-7-12(15)8-10(2)13(9)21(19,20)16-5-3-11(4-6-16)14(17)18/h7-8,11H,3-6H2,1-2H3,(H,17,18). The average molecular weight is 315 g/mol. The number of nitrogens with zero attached hydrogens (tertiary/aromatic N) is 1. The predicted molar refractivity (Wildman–Crippen MR) is 75.0 cm³/mol. The summed E-state index contributed by atoms with van der Waals surface area (Å²) in [6.07, 6.45) is 0.599. The van der Waals surface area contributed by atoms with E-state index in [2.05, 4.69) is 0 Å². The number of carbonyl (C=O) groups is 1. The first-order chi connectivity index (χ1) is 9.73. The van der Waals surface area contributed by atoms with Crippen molar-refractivity contribution in [1.29, 1.82) is 0 Å². The molecule has 0 aromatic heterocycles. The molecule has 2 rings (SSSR count). The molecular weight excluding hydrogens is 297 g/mol. The number of carboxylic acid groups (broad SMARTS) is 1. The van der Waals surface area contributed by atoms with Crippen LogP contribution in [-0.4, -0.2) is 36.9 Å². The molecule has 0 unspecified atom stereocenters. The van der Waals surface area contributed by atoms with Gasteiger partial charge in [-0.25, -0.2) is 12.8 Å². The number of carboxylic acids is 1. The van der Waals surface area contributed by atoms with Gasteiger partial charge >= 0.3 is 5.97 Å². The Kier molecular flexibility index (Phi) is 4.34. The highest BCUT2D eigenvalue weighted by Crippen LogP contribution is 2.28. The van der Waals surface area contributed by atoms with E-state index in [9.17, 15) is 17.6 Å². The Morgan fingerprint density at radius 2 is 1.71 bits per heavy atom. The summed E-state index contributed by atoms with van der Waals surface area (Å²) in [6.45, 7) is 3.48. The molecule has 1 fully saturated rings. The minimum Gasteiger partial charge on any atom is -0.481 e. The predicted octanol–water partition coefficient (Wildman–Crippen LogP) is 1.93. The quantitative estimate of drug-likeness (QED) is 0.925. The van der Waals surface area contributed by atoms with Gasteiger partial charge in [-0.3, -0.25) is 4.79 Å². The van der Waals surface area contributed by atoms with Gasteiger partial charge in [-0.15, -0.1) is 0 Å². The highest BCUT2D eigenvalue weighted by Gasteiger charge is 2.33. The minimum atomic E-state index is -3.72. The number of halogens is 1. The molecular formula is C14H18FNO4S. The van der Waals surface area contributed by atoms with Gasteiger partial charge in [0.2, 0.25) is 10.0 Å². The van der Waals surface area contributed by atoms with Crippen LogP contribution < -0.4 is 0 Å². The molecule has 5 nitrogen and oxygen atoms in total. The summed E-state index contributed by atoms with van der Waals surface area (Å²) >= 11 is 0. The maximum Gasteiger partial charge on any atom is 0.306 e. The first kappa shape index (κ1) is 15.9. The first-order valence-electron chi connectivity index (χ1n) is 6.73. The van der Waals surface area contributed by atoms with Gasteiger partial charge < -0.3 is 5.11 Å². The Hall–Kier alpha value is -1.47. The highest BCUT2D eigenvalue weighted by molar-refractivity contribution is 7.89. The summed E-state index contributed by atoms with van der Waals surface area (Å²) in [5.74, 6) is -1.85. The van der Waals surface area contributed by atoms with Crippen LogP contribution in [0, 0.1) is 25.6 Å². The van der Waals surface area contributed by atoms with E-state index in [4.69, 9.17) is 5.11 Å². The lowest BCUT2D eigenvalue weighted by molar-refractivity contribution is -0.142. The third-order valence-electron chi connectivity index (χ3n) is 3.83. The molecule has 0 bridgehead atoms. The van der Waals surface area contributed by atoms with Crippen LogP contribution in [-0.2, 0) is 14.8 Å². The number of rotatable bonds is 3. The topological polar surface area (TPSA) is 74.7 Å². The van der Waals surface area contributed by atoms with Crippen molar-refractivity contribution in [3.05, 3.63) is 29.1 Å². The van der Waals surface area contributed by atoms with Crippen LogP contribution in [0.4, 0.5) is 4.39 Å². The molecule has 1 N–H and O–H groups in total. The number of piperidine rings is 1. The van der Waals surface area contributed by atoms with E-state index in [1.54, 1.807) is 13.8 Å². The van der Waals surface area contributed by atoms with E-state index >= 15 is 0 Å². The van der Waals surface area contributed by atoms with Crippen LogP contribution in [0.5, 0.6) is 0 Å². The van der Waals surface area contributed by atoms with E-state index in [0.29, 0.717) is 24.0 Å². The number of hydrogen-bond donors (Lipinski definition) is 1. The first-order valence-corrected chi connectivity index (χ1v) is 8.17. The van der Waals surface area contributed by atoms with E-state index in [-0.39, 0.29) is 18.0 Å². The third-order valence-corrected chi connectivity index (χ3v) is 6.03. The van der Waals surface area contributed by atoms with Crippen molar-refractivity contribution < 1.29 is 22.7 Å². The van der Waals surface area contributed by atoms with Crippen LogP contribution in [0.1, 0.15) is 24.0 Å². The molecule has 0 atom stereocenters. The SMILES string of the molecule is Cc1cc(F)cc(C)c1S(=O)(=O)N1CCC(C(=O)O)CC1. The molecule has 0 spiro atoms. The Morgan fingerprint density at radius 1 is 1.24 bits per heavy atom. The molecule has 116 valence electrons. The zero-order chi connectivity index (χ0) is 15.8. The number of sulfonamides is 1. The maximum atomic E-state index is 13.3. The summed E-state index contributed by atoms with van der Waals surface area (Å²) in [6, 6.07) is 2.40. The molecule has 1 aromatic carbocycles. The zero-order valence-corrected chi connectivity index (χ0v) is 12.8. The Bertz CT molecular complexity index is 641. The fraction of sp³-hybridized carbons (Fsp3) is 0.500. The van der Waals surface area contributed by atoms with E-state index in [0.717, 1.165) is 0 Å². The number of aliphatic carboxylic acids is 1. The van der Waals surface area contributed by atoms with Crippen LogP contribution in [0.15, 0.2) is 17.0 Å². The van der Waals surface area contributed by atoms with Crippen LogP contribution in [0.25, 0.3) is 0 Å². The molecule has 1 aliphatic rings. The van der Waals surface area contributed by atoms with Crippen molar-refractivity contribution in [2.45, 2.75) is 31.6 Å². The molecule has 21 heavy (non-hydrogen) atoms. The summed E-state index contributed by atoms with van der Waals surface area (Å²) in [5, 5.41) is 8.95. The molecule has 1 aromatic rings. The van der Waals surface area contributed by atoms with Crippen molar-refractivity contribution >= 4 is 16.0 Å². The van der Waals surface area contributed by atoms with Crippen molar-refractivity contribution in [3.63, 3.8) is 0 Å². The normalized spacial score (nSPS) is 17.9. The number of benzene rings is 1. The lowest BCUT2D eigenvalue weighted by Gasteiger charge is -2.30. The minimum absolute atomic E-state index is 0.123. The second kappa shape index (κ2) is 5.73. The van der Waals surface area contributed by atoms with Crippen molar-refractivity contribution in [1.82, 2.24) is 4.31 Å². The average Bonchev–Trinajstić information content (AvgIpc) is 2.37. The summed E-state index contributed by atoms with van der Waals surface area (Å²) in [4.78, 5) is 11.0. The second-order valence-electron chi connectivity index (χ2n) is 5.39. The molecule has 0 aliphatic carbocycles. The lowest BCUT2D eigenvalue weighted by Crippen LogP contribution is -2.40. The fourth-order valence-corrected chi connectivity index (χ4v) is 4.66. The van der Waals surface area contributed by atoms with Gasteiger partial charge in [-0.1, -0.05) is 0 Å². The van der Waals surface area contributed by atoms with Gasteiger partial charge in [-0.05, 0) is 49.9 Å². The highest BCUT2D eigenvalue weighted by atomic mass is 32.2. The molecule has 0 saturated carbocycles.